The first-order valence-corrected chi connectivity index (χ1v) is 8.24. The van der Waals surface area contributed by atoms with Gasteiger partial charge in [-0.3, -0.25) is 9.59 Å². The Bertz CT molecular complexity index is 749. The Morgan fingerprint density at radius 3 is 2.57 bits per heavy atom. The quantitative estimate of drug-likeness (QED) is 0.768. The molecular formula is C17H14FIN2O2. The monoisotopic (exact) mass is 424 g/mol. The molecular weight excluding hydrogens is 410 g/mol. The second kappa shape index (κ2) is 6.66. The summed E-state index contributed by atoms with van der Waals surface area (Å²) in [6, 6.07) is 13.2. The maximum absolute atomic E-state index is 13.0. The van der Waals surface area contributed by atoms with E-state index in [0.29, 0.717) is 12.2 Å². The van der Waals surface area contributed by atoms with Crippen LogP contribution in [0.15, 0.2) is 48.5 Å². The van der Waals surface area contributed by atoms with Crippen LogP contribution in [0, 0.1) is 15.3 Å². The summed E-state index contributed by atoms with van der Waals surface area (Å²) in [6.07, 6.45) is 0.159. The molecule has 0 radical (unpaired) electrons. The minimum Gasteiger partial charge on any atom is -0.325 e. The summed E-state index contributed by atoms with van der Waals surface area (Å²) < 4.78 is 13.9. The summed E-state index contributed by atoms with van der Waals surface area (Å²) in [5, 5.41) is 2.87. The van der Waals surface area contributed by atoms with E-state index in [-0.39, 0.29) is 24.1 Å². The van der Waals surface area contributed by atoms with Gasteiger partial charge in [0.15, 0.2) is 0 Å². The van der Waals surface area contributed by atoms with Crippen LogP contribution in [-0.4, -0.2) is 18.4 Å². The lowest BCUT2D eigenvalue weighted by Gasteiger charge is -2.16. The minimum absolute atomic E-state index is 0.125. The highest BCUT2D eigenvalue weighted by atomic mass is 127. The summed E-state index contributed by atoms with van der Waals surface area (Å²) in [5.41, 5.74) is 1.35. The normalized spacial score (nSPS) is 17.4. The fraction of sp³-hybridized carbons (Fsp3) is 0.176. The highest BCUT2D eigenvalue weighted by Gasteiger charge is 2.35. The van der Waals surface area contributed by atoms with Crippen molar-refractivity contribution in [1.82, 2.24) is 0 Å². The Hall–Kier alpha value is -1.96. The molecule has 4 nitrogen and oxygen atoms in total. The molecule has 6 heteroatoms. The predicted octanol–water partition coefficient (Wildman–Crippen LogP) is 3.42. The maximum atomic E-state index is 13.0. The SMILES string of the molecule is O=C(Nc1ccccc1I)C1CC(=O)N(c2ccc(F)cc2)C1. The molecule has 2 aromatic carbocycles. The van der Waals surface area contributed by atoms with Crippen LogP contribution in [0.4, 0.5) is 15.8 Å². The largest absolute Gasteiger partial charge is 0.325 e. The van der Waals surface area contributed by atoms with Crippen molar-refractivity contribution in [3.05, 3.63) is 57.9 Å². The molecule has 0 spiro atoms. The van der Waals surface area contributed by atoms with Crippen LogP contribution < -0.4 is 10.2 Å². The van der Waals surface area contributed by atoms with Crippen LogP contribution in [0.2, 0.25) is 0 Å². The number of carbonyl (C=O) groups excluding carboxylic acids is 2. The molecule has 1 aliphatic heterocycles. The van der Waals surface area contributed by atoms with Crippen LogP contribution >= 0.6 is 22.6 Å². The molecule has 118 valence electrons. The lowest BCUT2D eigenvalue weighted by molar-refractivity contribution is -0.122. The minimum atomic E-state index is -0.413. The smallest absolute Gasteiger partial charge is 0.229 e. The molecule has 1 fully saturated rings. The molecule has 1 aliphatic rings. The average molecular weight is 424 g/mol. The van der Waals surface area contributed by atoms with Crippen molar-refractivity contribution in [3.8, 4) is 0 Å². The van der Waals surface area contributed by atoms with Gasteiger partial charge in [0, 0.05) is 22.2 Å². The van der Waals surface area contributed by atoms with Gasteiger partial charge in [0.1, 0.15) is 5.82 Å². The van der Waals surface area contributed by atoms with Crippen molar-refractivity contribution >= 4 is 45.8 Å². The molecule has 1 unspecified atom stereocenters. The van der Waals surface area contributed by atoms with Gasteiger partial charge in [0.05, 0.1) is 11.6 Å². The predicted molar refractivity (Wildman–Crippen MR) is 94.6 cm³/mol. The van der Waals surface area contributed by atoms with Crippen molar-refractivity contribution in [2.75, 3.05) is 16.8 Å². The standard InChI is InChI=1S/C17H14FIN2O2/c18-12-5-7-13(8-6-12)21-10-11(9-16(21)22)17(23)20-15-4-2-1-3-14(15)19/h1-8,11H,9-10H2,(H,20,23). The lowest BCUT2D eigenvalue weighted by Crippen LogP contribution is -2.28. The molecule has 23 heavy (non-hydrogen) atoms. The number of hydrogen-bond acceptors (Lipinski definition) is 2. The first-order valence-electron chi connectivity index (χ1n) is 7.16. The molecule has 0 bridgehead atoms. The number of nitrogens with one attached hydrogen (secondary N) is 1. The van der Waals surface area contributed by atoms with Crippen LogP contribution in [-0.2, 0) is 9.59 Å². The van der Waals surface area contributed by atoms with Gasteiger partial charge in [-0.25, -0.2) is 4.39 Å². The summed E-state index contributed by atoms with van der Waals surface area (Å²) in [5.74, 6) is -1.07. The van der Waals surface area contributed by atoms with E-state index in [4.69, 9.17) is 0 Å². The molecule has 1 saturated heterocycles. The zero-order valence-electron chi connectivity index (χ0n) is 12.1. The van der Waals surface area contributed by atoms with E-state index in [1.54, 1.807) is 12.1 Å². The molecule has 2 amide bonds. The molecule has 1 heterocycles. The fourth-order valence-corrected chi connectivity index (χ4v) is 3.07. The number of rotatable bonds is 3. The van der Waals surface area contributed by atoms with E-state index < -0.39 is 5.92 Å². The second-order valence-electron chi connectivity index (χ2n) is 5.35. The summed E-state index contributed by atoms with van der Waals surface area (Å²) in [6.45, 7) is 0.305. The van der Waals surface area contributed by atoms with Crippen LogP contribution in [0.3, 0.4) is 0 Å². The van der Waals surface area contributed by atoms with Crippen LogP contribution in [0.5, 0.6) is 0 Å². The molecule has 2 aromatic rings. The van der Waals surface area contributed by atoms with E-state index in [0.717, 1.165) is 9.26 Å². The van der Waals surface area contributed by atoms with Crippen molar-refractivity contribution in [2.45, 2.75) is 6.42 Å². The number of benzene rings is 2. The molecule has 1 N–H and O–H groups in total. The Morgan fingerprint density at radius 2 is 1.87 bits per heavy atom. The first-order chi connectivity index (χ1) is 11.0. The number of hydrogen-bond donors (Lipinski definition) is 1. The van der Waals surface area contributed by atoms with Crippen LogP contribution in [0.1, 0.15) is 6.42 Å². The Labute approximate surface area is 146 Å². The Morgan fingerprint density at radius 1 is 1.17 bits per heavy atom. The third-order valence-corrected chi connectivity index (χ3v) is 4.71. The Kier molecular flexibility index (Phi) is 4.61. The highest BCUT2D eigenvalue weighted by Crippen LogP contribution is 2.27. The lowest BCUT2D eigenvalue weighted by atomic mass is 10.1. The van der Waals surface area contributed by atoms with Gasteiger partial charge < -0.3 is 10.2 Å². The van der Waals surface area contributed by atoms with E-state index in [1.807, 2.05) is 24.3 Å². The van der Waals surface area contributed by atoms with Gasteiger partial charge in [-0.2, -0.15) is 0 Å². The molecule has 0 saturated carbocycles. The van der Waals surface area contributed by atoms with E-state index >= 15 is 0 Å². The van der Waals surface area contributed by atoms with Crippen molar-refractivity contribution < 1.29 is 14.0 Å². The maximum Gasteiger partial charge on any atom is 0.229 e. The molecule has 3 rings (SSSR count). The third-order valence-electron chi connectivity index (χ3n) is 3.77. The van der Waals surface area contributed by atoms with Gasteiger partial charge in [0.25, 0.3) is 0 Å². The topological polar surface area (TPSA) is 49.4 Å². The van der Waals surface area contributed by atoms with Gasteiger partial charge in [-0.15, -0.1) is 0 Å². The van der Waals surface area contributed by atoms with Crippen molar-refractivity contribution in [1.29, 1.82) is 0 Å². The number of carbonyl (C=O) groups is 2. The Balaban J connectivity index is 1.71. The van der Waals surface area contributed by atoms with Gasteiger partial charge in [-0.05, 0) is 59.0 Å². The van der Waals surface area contributed by atoms with Gasteiger partial charge in [-0.1, -0.05) is 12.1 Å². The van der Waals surface area contributed by atoms with E-state index in [9.17, 15) is 14.0 Å². The highest BCUT2D eigenvalue weighted by molar-refractivity contribution is 14.1. The molecule has 0 aromatic heterocycles. The number of halogens is 2. The summed E-state index contributed by atoms with van der Waals surface area (Å²) in [4.78, 5) is 26.1. The number of amides is 2. The van der Waals surface area contributed by atoms with Crippen molar-refractivity contribution in [2.24, 2.45) is 5.92 Å². The number of nitrogens with zero attached hydrogens (tertiary/aromatic N) is 1. The molecule has 1 atom stereocenters. The average Bonchev–Trinajstić information content (AvgIpc) is 2.92. The van der Waals surface area contributed by atoms with Crippen LogP contribution in [0.25, 0.3) is 0 Å². The summed E-state index contributed by atoms with van der Waals surface area (Å²) in [7, 11) is 0. The zero-order valence-corrected chi connectivity index (χ0v) is 14.3. The second-order valence-corrected chi connectivity index (χ2v) is 6.51. The zero-order chi connectivity index (χ0) is 16.4. The molecule has 0 aliphatic carbocycles. The van der Waals surface area contributed by atoms with Gasteiger partial charge >= 0.3 is 0 Å². The van der Waals surface area contributed by atoms with E-state index in [1.165, 1.54) is 17.0 Å². The third kappa shape index (κ3) is 3.52. The van der Waals surface area contributed by atoms with E-state index in [2.05, 4.69) is 27.9 Å². The number of para-hydroxylation sites is 1. The summed E-state index contributed by atoms with van der Waals surface area (Å²) >= 11 is 2.15. The van der Waals surface area contributed by atoms with Gasteiger partial charge in [0.2, 0.25) is 11.8 Å². The van der Waals surface area contributed by atoms with Crippen molar-refractivity contribution in [3.63, 3.8) is 0 Å². The first kappa shape index (κ1) is 15.9. The number of anilines is 2. The fourth-order valence-electron chi connectivity index (χ4n) is 2.55.